The summed E-state index contributed by atoms with van der Waals surface area (Å²) in [6.07, 6.45) is 3.04. The minimum atomic E-state index is -0.0961. The zero-order chi connectivity index (χ0) is 9.26. The number of hydrogen-bond donors (Lipinski definition) is 0. The zero-order valence-corrected chi connectivity index (χ0v) is 8.42. The molecule has 1 aromatic rings. The summed E-state index contributed by atoms with van der Waals surface area (Å²) in [6.45, 7) is 0.748. The molecule has 0 saturated carbocycles. The molecule has 1 aliphatic heterocycles. The maximum absolute atomic E-state index is 5.80. The Morgan fingerprint density at radius 3 is 2.77 bits per heavy atom. The summed E-state index contributed by atoms with van der Waals surface area (Å²) in [7, 11) is 0. The van der Waals surface area contributed by atoms with E-state index in [0.29, 0.717) is 0 Å². The third kappa shape index (κ3) is 1.95. The second-order valence-electron chi connectivity index (χ2n) is 2.92. The van der Waals surface area contributed by atoms with E-state index in [4.69, 9.17) is 27.9 Å². The Balaban J connectivity index is 2.18. The molecule has 2 rings (SSSR count). The molecule has 0 N–H and O–H groups in total. The molecule has 1 saturated heterocycles. The molecule has 13 heavy (non-hydrogen) atoms. The molecule has 0 amide bonds. The van der Waals surface area contributed by atoms with E-state index < -0.39 is 0 Å². The van der Waals surface area contributed by atoms with Gasteiger partial charge in [0, 0.05) is 6.61 Å². The normalized spacial score (nSPS) is 23.4. The molecule has 0 aromatic carbocycles. The molecular formula is C7H9Cl2N3O. The Labute approximate surface area is 85.8 Å². The van der Waals surface area contributed by atoms with Gasteiger partial charge in [0.2, 0.25) is 10.6 Å². The van der Waals surface area contributed by atoms with Crippen LogP contribution in [0.1, 0.15) is 25.5 Å². The van der Waals surface area contributed by atoms with Crippen LogP contribution in [0.3, 0.4) is 0 Å². The Morgan fingerprint density at radius 2 is 2.23 bits per heavy atom. The van der Waals surface area contributed by atoms with E-state index >= 15 is 0 Å². The molecule has 1 aliphatic rings. The first-order chi connectivity index (χ1) is 6.27. The van der Waals surface area contributed by atoms with Gasteiger partial charge < -0.3 is 4.74 Å². The molecule has 2 heterocycles. The van der Waals surface area contributed by atoms with Crippen molar-refractivity contribution in [1.29, 1.82) is 0 Å². The fourth-order valence-corrected chi connectivity index (χ4v) is 1.81. The quantitative estimate of drug-likeness (QED) is 0.731. The first kappa shape index (κ1) is 9.24. The van der Waals surface area contributed by atoms with Crippen molar-refractivity contribution in [3.63, 3.8) is 0 Å². The van der Waals surface area contributed by atoms with Crippen LogP contribution in [0.4, 0.5) is 0 Å². The number of ether oxygens (including phenoxy) is 1. The molecule has 0 radical (unpaired) electrons. The lowest BCUT2D eigenvalue weighted by Crippen LogP contribution is -2.19. The monoisotopic (exact) mass is 221 g/mol. The molecular weight excluding hydrogens is 213 g/mol. The van der Waals surface area contributed by atoms with Gasteiger partial charge in [0.15, 0.2) is 6.23 Å². The fraction of sp³-hybridized carbons (Fsp3) is 0.714. The van der Waals surface area contributed by atoms with Crippen molar-refractivity contribution < 1.29 is 4.74 Å². The van der Waals surface area contributed by atoms with Crippen LogP contribution in [-0.4, -0.2) is 21.4 Å². The number of rotatable bonds is 1. The maximum Gasteiger partial charge on any atom is 0.243 e. The van der Waals surface area contributed by atoms with E-state index in [0.717, 1.165) is 25.9 Å². The van der Waals surface area contributed by atoms with Crippen LogP contribution in [-0.2, 0) is 4.74 Å². The second-order valence-corrected chi connectivity index (χ2v) is 3.59. The van der Waals surface area contributed by atoms with E-state index in [1.54, 1.807) is 0 Å². The molecule has 4 nitrogen and oxygen atoms in total. The lowest BCUT2D eigenvalue weighted by atomic mass is 10.2. The third-order valence-corrected chi connectivity index (χ3v) is 2.41. The van der Waals surface area contributed by atoms with Gasteiger partial charge in [-0.05, 0) is 42.5 Å². The number of aromatic nitrogens is 3. The summed E-state index contributed by atoms with van der Waals surface area (Å²) >= 11 is 11.4. The highest BCUT2D eigenvalue weighted by atomic mass is 35.5. The van der Waals surface area contributed by atoms with E-state index in [9.17, 15) is 0 Å². The standard InChI is InChI=1S/C7H9Cl2N3O/c8-6-10-7(9)12(11-6)5-3-1-2-4-13-5/h5H,1-4H2/t5-/m0/s1. The Kier molecular flexibility index (Phi) is 2.71. The smallest absolute Gasteiger partial charge is 0.243 e. The number of halogens is 2. The van der Waals surface area contributed by atoms with E-state index in [2.05, 4.69) is 10.1 Å². The van der Waals surface area contributed by atoms with Gasteiger partial charge in [0.05, 0.1) is 0 Å². The Morgan fingerprint density at radius 1 is 1.38 bits per heavy atom. The highest BCUT2D eigenvalue weighted by Gasteiger charge is 2.20. The van der Waals surface area contributed by atoms with Gasteiger partial charge in [-0.2, -0.15) is 4.98 Å². The van der Waals surface area contributed by atoms with Crippen LogP contribution < -0.4 is 0 Å². The van der Waals surface area contributed by atoms with Crippen molar-refractivity contribution in [2.45, 2.75) is 25.5 Å². The van der Waals surface area contributed by atoms with Crippen molar-refractivity contribution in [2.24, 2.45) is 0 Å². The molecule has 0 unspecified atom stereocenters. The van der Waals surface area contributed by atoms with Crippen molar-refractivity contribution in [2.75, 3.05) is 6.61 Å². The lowest BCUT2D eigenvalue weighted by Gasteiger charge is -2.22. The van der Waals surface area contributed by atoms with Gasteiger partial charge in [-0.15, -0.1) is 5.10 Å². The predicted molar refractivity (Wildman–Crippen MR) is 48.9 cm³/mol. The summed E-state index contributed by atoms with van der Waals surface area (Å²) in [4.78, 5) is 3.79. The van der Waals surface area contributed by atoms with Crippen LogP contribution in [0.2, 0.25) is 10.6 Å². The topological polar surface area (TPSA) is 39.9 Å². The zero-order valence-electron chi connectivity index (χ0n) is 6.91. The average Bonchev–Trinajstić information content (AvgIpc) is 2.47. The first-order valence-electron chi connectivity index (χ1n) is 4.16. The van der Waals surface area contributed by atoms with Crippen LogP contribution in [0.15, 0.2) is 0 Å². The van der Waals surface area contributed by atoms with Crippen LogP contribution in [0.25, 0.3) is 0 Å². The summed E-state index contributed by atoms with van der Waals surface area (Å²) in [5, 5.41) is 4.40. The van der Waals surface area contributed by atoms with Gasteiger partial charge in [-0.25, -0.2) is 4.68 Å². The van der Waals surface area contributed by atoms with Crippen LogP contribution in [0, 0.1) is 0 Å². The number of nitrogens with zero attached hydrogens (tertiary/aromatic N) is 3. The van der Waals surface area contributed by atoms with Crippen LogP contribution in [0.5, 0.6) is 0 Å². The summed E-state index contributed by atoms with van der Waals surface area (Å²) in [6, 6.07) is 0. The highest BCUT2D eigenvalue weighted by molar-refractivity contribution is 6.31. The van der Waals surface area contributed by atoms with Crippen molar-refractivity contribution in [3.05, 3.63) is 10.6 Å². The van der Waals surface area contributed by atoms with E-state index in [-0.39, 0.29) is 16.8 Å². The van der Waals surface area contributed by atoms with Gasteiger partial charge in [0.1, 0.15) is 0 Å². The largest absolute Gasteiger partial charge is 0.356 e. The predicted octanol–water partition coefficient (Wildman–Crippen LogP) is 2.28. The van der Waals surface area contributed by atoms with Gasteiger partial charge in [-0.1, -0.05) is 0 Å². The summed E-state index contributed by atoms with van der Waals surface area (Å²) in [5.74, 6) is 0. The van der Waals surface area contributed by atoms with Gasteiger partial charge >= 0.3 is 0 Å². The fourth-order valence-electron chi connectivity index (χ4n) is 1.38. The molecule has 72 valence electrons. The molecule has 6 heteroatoms. The molecule has 0 aliphatic carbocycles. The van der Waals surface area contributed by atoms with E-state index in [1.807, 2.05) is 0 Å². The molecule has 0 spiro atoms. The summed E-state index contributed by atoms with van der Waals surface area (Å²) < 4.78 is 7.01. The van der Waals surface area contributed by atoms with Crippen molar-refractivity contribution in [1.82, 2.24) is 14.8 Å². The first-order valence-corrected chi connectivity index (χ1v) is 4.92. The molecule has 1 fully saturated rings. The SMILES string of the molecule is Clc1nc(Cl)n([C@@H]2CCCCO2)n1. The third-order valence-electron chi connectivity index (χ3n) is 1.99. The average molecular weight is 222 g/mol. The second kappa shape index (κ2) is 3.82. The van der Waals surface area contributed by atoms with Crippen molar-refractivity contribution >= 4 is 23.2 Å². The maximum atomic E-state index is 5.80. The minimum Gasteiger partial charge on any atom is -0.356 e. The van der Waals surface area contributed by atoms with E-state index in [1.165, 1.54) is 4.68 Å². The molecule has 1 aromatic heterocycles. The Hall–Kier alpha value is -0.320. The highest BCUT2D eigenvalue weighted by Crippen LogP contribution is 2.25. The lowest BCUT2D eigenvalue weighted by molar-refractivity contribution is -0.0394. The summed E-state index contributed by atoms with van der Waals surface area (Å²) in [5.41, 5.74) is 0. The Bertz CT molecular complexity index is 296. The minimum absolute atomic E-state index is 0.0961. The van der Waals surface area contributed by atoms with Crippen molar-refractivity contribution in [3.8, 4) is 0 Å². The molecule has 0 bridgehead atoms. The van der Waals surface area contributed by atoms with Crippen LogP contribution >= 0.6 is 23.2 Å². The van der Waals surface area contributed by atoms with Gasteiger partial charge in [0.25, 0.3) is 0 Å². The van der Waals surface area contributed by atoms with Gasteiger partial charge in [-0.3, -0.25) is 0 Å². The number of hydrogen-bond acceptors (Lipinski definition) is 3. The molecule has 1 atom stereocenters.